The Labute approximate surface area is 113 Å². The lowest BCUT2D eigenvalue weighted by atomic mass is 10.1. The summed E-state index contributed by atoms with van der Waals surface area (Å²) in [5.74, 6) is 0.296. The second-order valence-corrected chi connectivity index (χ2v) is 4.11. The normalized spacial score (nSPS) is 11.9. The third kappa shape index (κ3) is 5.67. The number of nitrogens with two attached hydrogens (primary N) is 1. The van der Waals surface area contributed by atoms with Gasteiger partial charge in [0.2, 0.25) is 11.8 Å². The zero-order chi connectivity index (χ0) is 14.1. The maximum absolute atomic E-state index is 11.7. The molecule has 3 N–H and O–H groups in total. The fourth-order valence-corrected chi connectivity index (χ4v) is 1.45. The third-order valence-corrected chi connectivity index (χ3v) is 2.48. The second-order valence-electron chi connectivity index (χ2n) is 4.11. The summed E-state index contributed by atoms with van der Waals surface area (Å²) < 4.78 is 10.2. The van der Waals surface area contributed by atoms with E-state index in [-0.39, 0.29) is 5.91 Å². The van der Waals surface area contributed by atoms with E-state index in [1.807, 2.05) is 6.92 Å². The van der Waals surface area contributed by atoms with E-state index >= 15 is 0 Å². The van der Waals surface area contributed by atoms with Gasteiger partial charge in [0.25, 0.3) is 0 Å². The number of aromatic nitrogens is 1. The van der Waals surface area contributed by atoms with Crippen LogP contribution in [0, 0.1) is 0 Å². The maximum atomic E-state index is 11.7. The molecule has 6 nitrogen and oxygen atoms in total. The summed E-state index contributed by atoms with van der Waals surface area (Å²) in [4.78, 5) is 15.8. The van der Waals surface area contributed by atoms with Crippen molar-refractivity contribution >= 4 is 11.6 Å². The number of carbonyl (C=O) groups excluding carboxylic acids is 1. The Kier molecular flexibility index (Phi) is 6.84. The minimum Gasteiger partial charge on any atom is -0.475 e. The predicted octanol–water partition coefficient (Wildman–Crippen LogP) is 1.17. The van der Waals surface area contributed by atoms with E-state index in [1.165, 1.54) is 0 Å². The number of nitrogens with zero attached hydrogens (tertiary/aromatic N) is 1. The van der Waals surface area contributed by atoms with E-state index < -0.39 is 6.04 Å². The molecule has 1 unspecified atom stereocenters. The number of methoxy groups -OCH3 is 1. The number of amides is 1. The molecule has 1 aromatic heterocycles. The molecule has 1 amide bonds. The van der Waals surface area contributed by atoms with Crippen molar-refractivity contribution in [1.29, 1.82) is 0 Å². The first-order valence-corrected chi connectivity index (χ1v) is 6.31. The SMILES string of the molecule is CCCC(N)C(=O)Nc1ccc(OCCOC)nc1. The highest BCUT2D eigenvalue weighted by atomic mass is 16.5. The smallest absolute Gasteiger partial charge is 0.241 e. The summed E-state index contributed by atoms with van der Waals surface area (Å²) in [5, 5.41) is 2.71. The lowest BCUT2D eigenvalue weighted by Crippen LogP contribution is -2.35. The Morgan fingerprint density at radius 2 is 2.26 bits per heavy atom. The van der Waals surface area contributed by atoms with Crippen LogP contribution in [0.5, 0.6) is 5.88 Å². The molecule has 106 valence electrons. The van der Waals surface area contributed by atoms with Gasteiger partial charge in [-0.2, -0.15) is 0 Å². The molecule has 0 aliphatic carbocycles. The van der Waals surface area contributed by atoms with E-state index in [1.54, 1.807) is 25.4 Å². The van der Waals surface area contributed by atoms with Crippen LogP contribution in [0.1, 0.15) is 19.8 Å². The van der Waals surface area contributed by atoms with Gasteiger partial charge in [0.1, 0.15) is 6.61 Å². The summed E-state index contributed by atoms with van der Waals surface area (Å²) in [6.07, 6.45) is 3.08. The van der Waals surface area contributed by atoms with E-state index in [2.05, 4.69) is 10.3 Å². The molecule has 0 aromatic carbocycles. The Morgan fingerprint density at radius 3 is 2.84 bits per heavy atom. The van der Waals surface area contributed by atoms with E-state index in [0.29, 0.717) is 31.2 Å². The number of carbonyl (C=O) groups is 1. The zero-order valence-corrected chi connectivity index (χ0v) is 11.4. The van der Waals surface area contributed by atoms with Gasteiger partial charge in [-0.1, -0.05) is 13.3 Å². The van der Waals surface area contributed by atoms with Crippen LogP contribution in [-0.2, 0) is 9.53 Å². The van der Waals surface area contributed by atoms with Crippen molar-refractivity contribution in [1.82, 2.24) is 4.98 Å². The molecule has 0 fully saturated rings. The van der Waals surface area contributed by atoms with Crippen LogP contribution in [0.2, 0.25) is 0 Å². The molecule has 1 heterocycles. The van der Waals surface area contributed by atoms with Crippen LogP contribution in [0.3, 0.4) is 0 Å². The highest BCUT2D eigenvalue weighted by Crippen LogP contribution is 2.12. The van der Waals surface area contributed by atoms with Gasteiger partial charge in [-0.05, 0) is 12.5 Å². The van der Waals surface area contributed by atoms with Gasteiger partial charge >= 0.3 is 0 Å². The maximum Gasteiger partial charge on any atom is 0.241 e. The Bertz CT molecular complexity index is 381. The monoisotopic (exact) mass is 267 g/mol. The van der Waals surface area contributed by atoms with Gasteiger partial charge in [-0.15, -0.1) is 0 Å². The van der Waals surface area contributed by atoms with Gasteiger partial charge in [-0.25, -0.2) is 4.98 Å². The summed E-state index contributed by atoms with van der Waals surface area (Å²) >= 11 is 0. The van der Waals surface area contributed by atoms with Crippen LogP contribution >= 0.6 is 0 Å². The largest absolute Gasteiger partial charge is 0.475 e. The molecular weight excluding hydrogens is 246 g/mol. The summed E-state index contributed by atoms with van der Waals surface area (Å²) in [5.41, 5.74) is 6.32. The quantitative estimate of drug-likeness (QED) is 0.690. The number of nitrogens with one attached hydrogen (secondary N) is 1. The highest BCUT2D eigenvalue weighted by molar-refractivity contribution is 5.94. The zero-order valence-electron chi connectivity index (χ0n) is 11.4. The number of pyridine rings is 1. The summed E-state index contributed by atoms with van der Waals surface area (Å²) in [6.45, 7) is 2.93. The molecule has 1 rings (SSSR count). The van der Waals surface area contributed by atoms with Crippen LogP contribution < -0.4 is 15.8 Å². The van der Waals surface area contributed by atoms with E-state index in [0.717, 1.165) is 6.42 Å². The van der Waals surface area contributed by atoms with Crippen LogP contribution in [0.4, 0.5) is 5.69 Å². The lowest BCUT2D eigenvalue weighted by molar-refractivity contribution is -0.117. The first-order chi connectivity index (χ1) is 9.17. The van der Waals surface area contributed by atoms with Gasteiger partial charge in [0.15, 0.2) is 0 Å². The minimum atomic E-state index is -0.484. The molecule has 6 heteroatoms. The van der Waals surface area contributed by atoms with Gasteiger partial charge < -0.3 is 20.5 Å². The minimum absolute atomic E-state index is 0.197. The molecule has 0 radical (unpaired) electrons. The molecular formula is C13H21N3O3. The Hall–Kier alpha value is -1.66. The molecule has 0 aliphatic heterocycles. The summed E-state index contributed by atoms with van der Waals surface area (Å²) in [7, 11) is 1.61. The number of rotatable bonds is 8. The molecule has 19 heavy (non-hydrogen) atoms. The first-order valence-electron chi connectivity index (χ1n) is 6.31. The van der Waals surface area contributed by atoms with Crippen molar-refractivity contribution in [2.24, 2.45) is 5.73 Å². The Morgan fingerprint density at radius 1 is 1.47 bits per heavy atom. The first kappa shape index (κ1) is 15.4. The van der Waals surface area contributed by atoms with Crippen LogP contribution in [0.25, 0.3) is 0 Å². The standard InChI is InChI=1S/C13H21N3O3/c1-3-4-11(14)13(17)16-10-5-6-12(15-9-10)19-8-7-18-2/h5-6,9,11H,3-4,7-8,14H2,1-2H3,(H,16,17). The van der Waals surface area contributed by atoms with Gasteiger partial charge in [-0.3, -0.25) is 4.79 Å². The fraction of sp³-hybridized carbons (Fsp3) is 0.538. The van der Waals surface area contributed by atoms with Crippen LogP contribution in [0.15, 0.2) is 18.3 Å². The molecule has 0 bridgehead atoms. The van der Waals surface area contributed by atoms with Gasteiger partial charge in [0.05, 0.1) is 24.5 Å². The topological polar surface area (TPSA) is 86.5 Å². The number of anilines is 1. The Balaban J connectivity index is 2.45. The molecule has 0 saturated carbocycles. The van der Waals surface area contributed by atoms with Crippen molar-refractivity contribution in [3.8, 4) is 5.88 Å². The van der Waals surface area contributed by atoms with Crippen LogP contribution in [-0.4, -0.2) is 37.3 Å². The van der Waals surface area contributed by atoms with Crippen molar-refractivity contribution in [3.63, 3.8) is 0 Å². The van der Waals surface area contributed by atoms with E-state index in [9.17, 15) is 4.79 Å². The molecule has 0 aliphatic rings. The number of hydrogen-bond acceptors (Lipinski definition) is 5. The number of ether oxygens (including phenoxy) is 2. The molecule has 0 spiro atoms. The van der Waals surface area contributed by atoms with E-state index in [4.69, 9.17) is 15.2 Å². The molecule has 1 aromatic rings. The average Bonchev–Trinajstić information content (AvgIpc) is 2.41. The summed E-state index contributed by atoms with van der Waals surface area (Å²) in [6, 6.07) is 2.94. The fourth-order valence-electron chi connectivity index (χ4n) is 1.45. The molecule has 0 saturated heterocycles. The van der Waals surface area contributed by atoms with Crippen molar-refractivity contribution in [3.05, 3.63) is 18.3 Å². The third-order valence-electron chi connectivity index (χ3n) is 2.48. The number of hydrogen-bond donors (Lipinski definition) is 2. The predicted molar refractivity (Wildman–Crippen MR) is 73.1 cm³/mol. The van der Waals surface area contributed by atoms with Crippen molar-refractivity contribution in [2.45, 2.75) is 25.8 Å². The lowest BCUT2D eigenvalue weighted by Gasteiger charge is -2.11. The van der Waals surface area contributed by atoms with Crippen molar-refractivity contribution in [2.75, 3.05) is 25.6 Å². The highest BCUT2D eigenvalue weighted by Gasteiger charge is 2.12. The second kappa shape index (κ2) is 8.44. The van der Waals surface area contributed by atoms with Gasteiger partial charge in [0, 0.05) is 13.2 Å². The molecule has 1 atom stereocenters. The average molecular weight is 267 g/mol. The van der Waals surface area contributed by atoms with Crippen molar-refractivity contribution < 1.29 is 14.3 Å².